The van der Waals surface area contributed by atoms with Gasteiger partial charge in [0, 0.05) is 6.54 Å². The maximum atomic E-state index is 11.7. The van der Waals surface area contributed by atoms with E-state index in [0.717, 1.165) is 5.56 Å². The molecule has 0 bridgehead atoms. The zero-order valence-electron chi connectivity index (χ0n) is 13.7. The number of aliphatic carboxylic acids is 2. The van der Waals surface area contributed by atoms with Gasteiger partial charge in [-0.25, -0.2) is 9.59 Å². The van der Waals surface area contributed by atoms with Gasteiger partial charge in [0.2, 0.25) is 5.91 Å². The molecule has 0 fully saturated rings. The Morgan fingerprint density at radius 1 is 1.21 bits per heavy atom. The Morgan fingerprint density at radius 3 is 2.25 bits per heavy atom. The van der Waals surface area contributed by atoms with Gasteiger partial charge in [-0.2, -0.15) is 0 Å². The molecule has 0 aliphatic rings. The number of ether oxygens (including phenoxy) is 1. The highest BCUT2D eigenvalue weighted by Crippen LogP contribution is 2.24. The fourth-order valence-electron chi connectivity index (χ4n) is 1.51. The smallest absolute Gasteiger partial charge is 0.414 e. The predicted octanol–water partition coefficient (Wildman–Crippen LogP) is 0.0681. The van der Waals surface area contributed by atoms with Gasteiger partial charge in [0.15, 0.2) is 0 Å². The van der Waals surface area contributed by atoms with Crippen LogP contribution in [-0.2, 0) is 14.4 Å². The molecule has 1 atom stereocenters. The second kappa shape index (κ2) is 11.0. The normalized spacial score (nSPS) is 10.8. The van der Waals surface area contributed by atoms with Crippen LogP contribution >= 0.6 is 0 Å². The van der Waals surface area contributed by atoms with E-state index in [9.17, 15) is 4.79 Å². The van der Waals surface area contributed by atoms with E-state index in [-0.39, 0.29) is 12.5 Å². The van der Waals surface area contributed by atoms with Gasteiger partial charge in [-0.05, 0) is 31.5 Å². The molecule has 1 aromatic carbocycles. The van der Waals surface area contributed by atoms with Gasteiger partial charge < -0.3 is 30.7 Å². The van der Waals surface area contributed by atoms with Gasteiger partial charge in [-0.15, -0.1) is 0 Å². The Labute approximate surface area is 139 Å². The molecule has 0 aliphatic heterocycles. The Balaban J connectivity index is 0.000000754. The van der Waals surface area contributed by atoms with E-state index in [2.05, 4.69) is 10.6 Å². The van der Waals surface area contributed by atoms with E-state index < -0.39 is 18.0 Å². The molecule has 9 nitrogen and oxygen atoms in total. The lowest BCUT2D eigenvalue weighted by Crippen LogP contribution is -2.32. The fourth-order valence-corrected chi connectivity index (χ4v) is 1.51. The average Bonchev–Trinajstić information content (AvgIpc) is 2.47. The second-order valence-electron chi connectivity index (χ2n) is 4.84. The number of methoxy groups -OCH3 is 1. The number of rotatable bonds is 6. The third-order valence-electron chi connectivity index (χ3n) is 2.54. The summed E-state index contributed by atoms with van der Waals surface area (Å²) in [5.74, 6) is -3.19. The van der Waals surface area contributed by atoms with Crippen molar-refractivity contribution >= 4 is 23.5 Å². The zero-order chi connectivity index (χ0) is 18.7. The minimum absolute atomic E-state index is 0.155. The lowest BCUT2D eigenvalue weighted by atomic mass is 10.2. The number of benzene rings is 1. The molecule has 5 N–H and O–H groups in total. The summed E-state index contributed by atoms with van der Waals surface area (Å²) >= 11 is 0. The molecule has 1 rings (SSSR count). The number of carbonyl (C=O) groups excluding carboxylic acids is 1. The minimum Gasteiger partial charge on any atom is -0.495 e. The highest BCUT2D eigenvalue weighted by molar-refractivity contribution is 6.27. The van der Waals surface area contributed by atoms with Crippen LogP contribution in [0, 0.1) is 6.92 Å². The average molecular weight is 342 g/mol. The van der Waals surface area contributed by atoms with Crippen molar-refractivity contribution in [2.45, 2.75) is 20.0 Å². The van der Waals surface area contributed by atoms with Gasteiger partial charge in [0.05, 0.1) is 25.4 Å². The third-order valence-corrected chi connectivity index (χ3v) is 2.54. The summed E-state index contributed by atoms with van der Waals surface area (Å²) in [5.41, 5.74) is 1.70. The molecular weight excluding hydrogens is 320 g/mol. The Morgan fingerprint density at radius 2 is 1.79 bits per heavy atom. The topological polar surface area (TPSA) is 145 Å². The van der Waals surface area contributed by atoms with Crippen LogP contribution in [0.2, 0.25) is 0 Å². The van der Waals surface area contributed by atoms with Crippen molar-refractivity contribution < 1.29 is 34.4 Å². The lowest BCUT2D eigenvalue weighted by molar-refractivity contribution is -0.159. The summed E-state index contributed by atoms with van der Waals surface area (Å²) in [5, 5.41) is 29.5. The maximum Gasteiger partial charge on any atom is 0.414 e. The number of carboxylic acid groups (broad SMARTS) is 2. The first-order chi connectivity index (χ1) is 11.2. The van der Waals surface area contributed by atoms with E-state index in [1.807, 2.05) is 25.1 Å². The van der Waals surface area contributed by atoms with E-state index in [1.54, 1.807) is 14.0 Å². The van der Waals surface area contributed by atoms with Crippen molar-refractivity contribution in [1.29, 1.82) is 0 Å². The van der Waals surface area contributed by atoms with E-state index in [4.69, 9.17) is 29.6 Å². The van der Waals surface area contributed by atoms with E-state index in [0.29, 0.717) is 18.0 Å². The highest BCUT2D eigenvalue weighted by Gasteiger charge is 2.07. The number of amides is 1. The Bertz CT molecular complexity index is 561. The van der Waals surface area contributed by atoms with Crippen LogP contribution < -0.4 is 15.4 Å². The number of anilines is 1. The Hall–Kier alpha value is -2.65. The van der Waals surface area contributed by atoms with Gasteiger partial charge in [-0.3, -0.25) is 4.79 Å². The summed E-state index contributed by atoms with van der Waals surface area (Å²) in [6.07, 6.45) is -0.466. The molecule has 0 aliphatic carbocycles. The molecule has 0 saturated carbocycles. The molecule has 1 aromatic rings. The molecule has 0 aromatic heterocycles. The number of carboxylic acids is 2. The zero-order valence-corrected chi connectivity index (χ0v) is 13.7. The fraction of sp³-hybridized carbons (Fsp3) is 0.400. The first-order valence-electron chi connectivity index (χ1n) is 6.96. The quantitative estimate of drug-likeness (QED) is 0.457. The molecule has 24 heavy (non-hydrogen) atoms. The third kappa shape index (κ3) is 9.38. The van der Waals surface area contributed by atoms with Gasteiger partial charge in [0.1, 0.15) is 5.75 Å². The molecule has 0 saturated heterocycles. The van der Waals surface area contributed by atoms with Crippen LogP contribution in [0.25, 0.3) is 0 Å². The Kier molecular flexibility index (Phi) is 9.76. The van der Waals surface area contributed by atoms with Crippen LogP contribution in [0.4, 0.5) is 5.69 Å². The maximum absolute atomic E-state index is 11.7. The summed E-state index contributed by atoms with van der Waals surface area (Å²) in [6.45, 7) is 4.15. The number of hydrogen-bond acceptors (Lipinski definition) is 6. The van der Waals surface area contributed by atoms with Gasteiger partial charge in [-0.1, -0.05) is 6.07 Å². The van der Waals surface area contributed by atoms with Crippen LogP contribution in [-0.4, -0.2) is 59.5 Å². The minimum atomic E-state index is -1.82. The van der Waals surface area contributed by atoms with E-state index >= 15 is 0 Å². The monoisotopic (exact) mass is 342 g/mol. The van der Waals surface area contributed by atoms with E-state index in [1.165, 1.54) is 0 Å². The molecule has 0 spiro atoms. The van der Waals surface area contributed by atoms with Crippen molar-refractivity contribution in [2.75, 3.05) is 25.5 Å². The number of aliphatic hydroxyl groups is 1. The molecule has 0 radical (unpaired) electrons. The lowest BCUT2D eigenvalue weighted by Gasteiger charge is -2.11. The van der Waals surface area contributed by atoms with Gasteiger partial charge >= 0.3 is 11.9 Å². The predicted molar refractivity (Wildman–Crippen MR) is 86.2 cm³/mol. The van der Waals surface area contributed by atoms with Crippen molar-refractivity contribution in [3.05, 3.63) is 23.8 Å². The molecule has 9 heteroatoms. The van der Waals surface area contributed by atoms with Crippen molar-refractivity contribution in [2.24, 2.45) is 0 Å². The number of nitrogens with one attached hydrogen (secondary N) is 2. The number of aliphatic hydroxyl groups excluding tert-OH is 1. The summed E-state index contributed by atoms with van der Waals surface area (Å²) in [7, 11) is 1.56. The van der Waals surface area contributed by atoms with Crippen LogP contribution in [0.3, 0.4) is 0 Å². The summed E-state index contributed by atoms with van der Waals surface area (Å²) < 4.78 is 5.17. The summed E-state index contributed by atoms with van der Waals surface area (Å²) in [6, 6.07) is 5.58. The molecular formula is C15H22N2O7. The van der Waals surface area contributed by atoms with Crippen molar-refractivity contribution in [3.8, 4) is 5.75 Å². The van der Waals surface area contributed by atoms with Gasteiger partial charge in [0.25, 0.3) is 0 Å². The number of aryl methyl sites for hydroxylation is 1. The molecule has 0 heterocycles. The van der Waals surface area contributed by atoms with Crippen molar-refractivity contribution in [3.63, 3.8) is 0 Å². The second-order valence-corrected chi connectivity index (χ2v) is 4.84. The number of carbonyl (C=O) groups is 3. The van der Waals surface area contributed by atoms with Crippen LogP contribution in [0.1, 0.15) is 12.5 Å². The first kappa shape index (κ1) is 21.4. The molecule has 134 valence electrons. The van der Waals surface area contributed by atoms with Crippen LogP contribution in [0.5, 0.6) is 5.75 Å². The summed E-state index contributed by atoms with van der Waals surface area (Å²) in [4.78, 5) is 29.9. The van der Waals surface area contributed by atoms with Crippen molar-refractivity contribution in [1.82, 2.24) is 5.32 Å². The van der Waals surface area contributed by atoms with Crippen LogP contribution in [0.15, 0.2) is 18.2 Å². The molecule has 1 amide bonds. The SMILES string of the molecule is COc1ccc(C)cc1NC(=O)CNCC(C)O.O=C(O)C(=O)O. The number of hydrogen-bond donors (Lipinski definition) is 5. The first-order valence-corrected chi connectivity index (χ1v) is 6.96. The standard InChI is InChI=1S/C13H20N2O3.C2H2O4/c1-9-4-5-12(18-3)11(6-9)15-13(17)8-14-7-10(2)16;3-1(4)2(5)6/h4-6,10,14,16H,7-8H2,1-3H3,(H,15,17);(H,3,4)(H,5,6). The highest BCUT2D eigenvalue weighted by atomic mass is 16.5. The molecule has 1 unspecified atom stereocenters. The largest absolute Gasteiger partial charge is 0.495 e.